The van der Waals surface area contributed by atoms with Crippen LogP contribution in [0.4, 0.5) is 16.4 Å². The van der Waals surface area contributed by atoms with Crippen LogP contribution in [-0.2, 0) is 4.74 Å². The summed E-state index contributed by atoms with van der Waals surface area (Å²) in [7, 11) is 5.35. The molecule has 1 aromatic heterocycles. The first-order valence-corrected chi connectivity index (χ1v) is 9.83. The molecule has 0 aliphatic rings. The Labute approximate surface area is 174 Å². The lowest BCUT2D eigenvalue weighted by Gasteiger charge is -2.14. The molecule has 0 amide bonds. The minimum absolute atomic E-state index is 0.404. The zero-order chi connectivity index (χ0) is 20.1. The van der Waals surface area contributed by atoms with Crippen LogP contribution in [0.3, 0.4) is 0 Å². The molecule has 0 saturated carbocycles. The highest BCUT2D eigenvalue weighted by Crippen LogP contribution is 2.36. The summed E-state index contributed by atoms with van der Waals surface area (Å²) >= 11 is 6.89. The number of thiocarbonyl (C=S) groups is 1. The number of carbonyl (C=O) groups is 1. The molecule has 2 N–H and O–H groups in total. The molecule has 0 bridgehead atoms. The van der Waals surface area contributed by atoms with Crippen LogP contribution in [0.1, 0.15) is 10.4 Å². The molecule has 0 spiro atoms. The van der Waals surface area contributed by atoms with Gasteiger partial charge >= 0.3 is 5.97 Å². The molecule has 3 aromatic rings. The molecule has 28 heavy (non-hydrogen) atoms. The van der Waals surface area contributed by atoms with Crippen molar-refractivity contribution in [3.63, 3.8) is 0 Å². The zero-order valence-corrected chi connectivity index (χ0v) is 17.5. The van der Waals surface area contributed by atoms with E-state index in [1.165, 1.54) is 18.4 Å². The summed E-state index contributed by atoms with van der Waals surface area (Å²) in [5, 5.41) is 7.33. The maximum atomic E-state index is 12.2. The van der Waals surface area contributed by atoms with E-state index < -0.39 is 5.97 Å². The Hall–Kier alpha value is -2.90. The van der Waals surface area contributed by atoms with Crippen LogP contribution in [0.25, 0.3) is 10.4 Å². The molecule has 0 unspecified atom stereocenters. The van der Waals surface area contributed by atoms with E-state index in [2.05, 4.69) is 10.6 Å². The average molecular weight is 412 g/mol. The third-order valence-electron chi connectivity index (χ3n) is 4.06. The van der Waals surface area contributed by atoms with E-state index in [4.69, 9.17) is 17.0 Å². The fraction of sp³-hybridized carbons (Fsp3) is 0.143. The van der Waals surface area contributed by atoms with E-state index in [1.807, 2.05) is 79.7 Å². The van der Waals surface area contributed by atoms with E-state index in [1.54, 1.807) is 0 Å². The molecule has 144 valence electrons. The van der Waals surface area contributed by atoms with Crippen molar-refractivity contribution >= 4 is 51.0 Å². The number of nitrogens with one attached hydrogen (secondary N) is 2. The first-order valence-electron chi connectivity index (χ1n) is 8.61. The Kier molecular flexibility index (Phi) is 6.28. The van der Waals surface area contributed by atoms with Crippen LogP contribution in [0.15, 0.2) is 60.7 Å². The van der Waals surface area contributed by atoms with Gasteiger partial charge in [-0.1, -0.05) is 30.3 Å². The third kappa shape index (κ3) is 4.68. The number of benzene rings is 2. The lowest BCUT2D eigenvalue weighted by Crippen LogP contribution is -2.20. The molecule has 0 fully saturated rings. The van der Waals surface area contributed by atoms with Crippen molar-refractivity contribution < 1.29 is 9.53 Å². The van der Waals surface area contributed by atoms with Crippen LogP contribution in [0, 0.1) is 0 Å². The van der Waals surface area contributed by atoms with Gasteiger partial charge in [0, 0.05) is 30.3 Å². The minimum Gasteiger partial charge on any atom is -0.465 e. The summed E-state index contributed by atoms with van der Waals surface area (Å²) in [6.07, 6.45) is 0. The molecule has 3 rings (SSSR count). The number of nitrogens with zero attached hydrogens (tertiary/aromatic N) is 1. The molecule has 2 aromatic carbocycles. The van der Waals surface area contributed by atoms with Gasteiger partial charge in [-0.3, -0.25) is 0 Å². The standard InChI is InChI=1S/C21H21N3O2S2/c1-24(2)16-11-9-15(10-12-16)22-21(27)23-19-17(20(25)26-3)13-18(28-19)14-7-5-4-6-8-14/h4-13H,1-3H3,(H2,22,23,27). The molecule has 0 aliphatic carbocycles. The van der Waals surface area contributed by atoms with Gasteiger partial charge in [-0.2, -0.15) is 0 Å². The van der Waals surface area contributed by atoms with Gasteiger partial charge in [0.2, 0.25) is 0 Å². The van der Waals surface area contributed by atoms with Crippen molar-refractivity contribution in [3.8, 4) is 10.4 Å². The average Bonchev–Trinajstić information content (AvgIpc) is 3.12. The van der Waals surface area contributed by atoms with E-state index in [9.17, 15) is 4.79 Å². The molecule has 1 heterocycles. The second-order valence-electron chi connectivity index (χ2n) is 6.23. The normalized spacial score (nSPS) is 10.2. The van der Waals surface area contributed by atoms with Gasteiger partial charge < -0.3 is 20.3 Å². The highest BCUT2D eigenvalue weighted by Gasteiger charge is 2.18. The third-order valence-corrected chi connectivity index (χ3v) is 5.37. The fourth-order valence-corrected chi connectivity index (χ4v) is 3.94. The van der Waals surface area contributed by atoms with Gasteiger partial charge in [0.05, 0.1) is 12.7 Å². The van der Waals surface area contributed by atoms with Crippen LogP contribution in [0.2, 0.25) is 0 Å². The summed E-state index contributed by atoms with van der Waals surface area (Å²) in [5.41, 5.74) is 3.45. The van der Waals surface area contributed by atoms with E-state index in [0.717, 1.165) is 21.8 Å². The van der Waals surface area contributed by atoms with Crippen LogP contribution in [0.5, 0.6) is 0 Å². The summed E-state index contributed by atoms with van der Waals surface area (Å²) in [4.78, 5) is 15.2. The largest absolute Gasteiger partial charge is 0.465 e. The van der Waals surface area contributed by atoms with Crippen molar-refractivity contribution in [1.82, 2.24) is 0 Å². The predicted molar refractivity (Wildman–Crippen MR) is 122 cm³/mol. The van der Waals surface area contributed by atoms with Gasteiger partial charge in [-0.15, -0.1) is 11.3 Å². The first-order chi connectivity index (χ1) is 13.5. The quantitative estimate of drug-likeness (QED) is 0.451. The van der Waals surface area contributed by atoms with E-state index in [0.29, 0.717) is 15.7 Å². The van der Waals surface area contributed by atoms with Crippen LogP contribution >= 0.6 is 23.6 Å². The molecule has 0 atom stereocenters. The van der Waals surface area contributed by atoms with Gasteiger partial charge in [0.1, 0.15) is 5.00 Å². The number of methoxy groups -OCH3 is 1. The van der Waals surface area contributed by atoms with Gasteiger partial charge in [0.15, 0.2) is 5.11 Å². The molecule has 0 saturated heterocycles. The maximum absolute atomic E-state index is 12.2. The number of rotatable bonds is 5. The molecular weight excluding hydrogens is 390 g/mol. The number of carbonyl (C=O) groups excluding carboxylic acids is 1. The summed E-state index contributed by atoms with van der Waals surface area (Å²) in [5.74, 6) is -0.404. The number of ether oxygens (including phenoxy) is 1. The van der Waals surface area contributed by atoms with Crippen molar-refractivity contribution in [2.24, 2.45) is 0 Å². The van der Waals surface area contributed by atoms with Crippen molar-refractivity contribution in [3.05, 3.63) is 66.2 Å². The summed E-state index contributed by atoms with van der Waals surface area (Å²) in [6.45, 7) is 0. The molecular formula is C21H21N3O2S2. The smallest absolute Gasteiger partial charge is 0.340 e. The van der Waals surface area contributed by atoms with Crippen LogP contribution in [-0.4, -0.2) is 32.3 Å². The fourth-order valence-electron chi connectivity index (χ4n) is 2.60. The SMILES string of the molecule is COC(=O)c1cc(-c2ccccc2)sc1NC(=S)Nc1ccc(N(C)C)cc1. The van der Waals surface area contributed by atoms with Crippen molar-refractivity contribution in [1.29, 1.82) is 0 Å². The van der Waals surface area contributed by atoms with Gasteiger partial charge in [0.25, 0.3) is 0 Å². The second kappa shape index (κ2) is 8.86. The minimum atomic E-state index is -0.404. The van der Waals surface area contributed by atoms with Crippen LogP contribution < -0.4 is 15.5 Å². The lowest BCUT2D eigenvalue weighted by atomic mass is 10.1. The number of thiophene rings is 1. The lowest BCUT2D eigenvalue weighted by molar-refractivity contribution is 0.0602. The molecule has 0 aliphatic heterocycles. The van der Waals surface area contributed by atoms with Gasteiger partial charge in [-0.25, -0.2) is 4.79 Å². The summed E-state index contributed by atoms with van der Waals surface area (Å²) in [6, 6.07) is 19.6. The number of anilines is 3. The molecule has 7 heteroatoms. The maximum Gasteiger partial charge on any atom is 0.340 e. The number of hydrogen-bond acceptors (Lipinski definition) is 5. The highest BCUT2D eigenvalue weighted by molar-refractivity contribution is 7.80. The zero-order valence-electron chi connectivity index (χ0n) is 15.9. The van der Waals surface area contributed by atoms with E-state index in [-0.39, 0.29) is 0 Å². The Morgan fingerprint density at radius 3 is 2.32 bits per heavy atom. The Bertz CT molecular complexity index is 967. The molecule has 5 nitrogen and oxygen atoms in total. The van der Waals surface area contributed by atoms with Gasteiger partial charge in [-0.05, 0) is 48.1 Å². The van der Waals surface area contributed by atoms with E-state index >= 15 is 0 Å². The predicted octanol–water partition coefficient (Wildman–Crippen LogP) is 5.08. The highest BCUT2D eigenvalue weighted by atomic mass is 32.1. The monoisotopic (exact) mass is 411 g/mol. The number of esters is 1. The number of hydrogen-bond donors (Lipinski definition) is 2. The second-order valence-corrected chi connectivity index (χ2v) is 7.69. The Morgan fingerprint density at radius 2 is 1.71 bits per heavy atom. The Morgan fingerprint density at radius 1 is 1.04 bits per heavy atom. The topological polar surface area (TPSA) is 53.6 Å². The Balaban J connectivity index is 1.79. The van der Waals surface area contributed by atoms with Crippen molar-refractivity contribution in [2.45, 2.75) is 0 Å². The summed E-state index contributed by atoms with van der Waals surface area (Å²) < 4.78 is 4.92. The first kappa shape index (κ1) is 19.9. The van der Waals surface area contributed by atoms with Crippen molar-refractivity contribution in [2.75, 3.05) is 36.7 Å². The molecule has 0 radical (unpaired) electrons.